The molecule has 12 nitrogen and oxygen atoms in total. The number of hydrogen-bond donors (Lipinski definition) is 6. The van der Waals surface area contributed by atoms with Gasteiger partial charge in [-0.1, -0.05) is 59.3 Å². The van der Waals surface area contributed by atoms with E-state index >= 15 is 0 Å². The summed E-state index contributed by atoms with van der Waals surface area (Å²) in [6.45, 7) is 6.36. The Kier molecular flexibility index (Phi) is 15.1. The zero-order chi connectivity index (χ0) is 36.8. The number of ether oxygens (including phenoxy) is 3. The number of hydrogen-bond acceptors (Lipinski definition) is 12. The number of aromatic hydroxyl groups is 3. The fourth-order valence-corrected chi connectivity index (χ4v) is 5.25. The van der Waals surface area contributed by atoms with Crippen molar-refractivity contribution in [3.05, 3.63) is 54.6 Å². The van der Waals surface area contributed by atoms with Gasteiger partial charge in [0.15, 0.2) is 17.5 Å². The molecule has 12 heteroatoms. The number of phenolic OH excluding ortho intramolecular Hbond substituents is 3. The van der Waals surface area contributed by atoms with Gasteiger partial charge in [0.1, 0.15) is 54.3 Å². The predicted octanol–water partition coefficient (Wildman–Crippen LogP) is 6.78. The van der Waals surface area contributed by atoms with Crippen LogP contribution in [0.25, 0.3) is 34.2 Å². The summed E-state index contributed by atoms with van der Waals surface area (Å²) in [5, 5.41) is 63.7. The first-order valence-electron chi connectivity index (χ1n) is 17.8. The lowest BCUT2D eigenvalue weighted by Gasteiger charge is -2.15. The van der Waals surface area contributed by atoms with E-state index in [2.05, 4.69) is 15.0 Å². The maximum atomic E-state index is 11.1. The molecule has 3 aromatic carbocycles. The summed E-state index contributed by atoms with van der Waals surface area (Å²) in [5.74, 6) is 0.638. The number of nitrogens with zero attached hydrogens (tertiary/aromatic N) is 3. The van der Waals surface area contributed by atoms with Crippen LogP contribution in [0.1, 0.15) is 78.6 Å². The van der Waals surface area contributed by atoms with Crippen LogP contribution in [-0.4, -0.2) is 83.7 Å². The lowest BCUT2D eigenvalue weighted by molar-refractivity contribution is 0.0978. The number of phenols is 3. The van der Waals surface area contributed by atoms with Crippen molar-refractivity contribution >= 4 is 0 Å². The normalized spacial score (nSPS) is 13.1. The predicted molar refractivity (Wildman–Crippen MR) is 194 cm³/mol. The maximum Gasteiger partial charge on any atom is 0.167 e. The van der Waals surface area contributed by atoms with Crippen LogP contribution in [0.5, 0.6) is 34.5 Å². The molecule has 0 saturated heterocycles. The van der Waals surface area contributed by atoms with Crippen LogP contribution in [0.3, 0.4) is 0 Å². The zero-order valence-corrected chi connectivity index (χ0v) is 29.7. The Morgan fingerprint density at radius 1 is 0.471 bits per heavy atom. The summed E-state index contributed by atoms with van der Waals surface area (Å²) in [7, 11) is 0. The summed E-state index contributed by atoms with van der Waals surface area (Å²) in [6.07, 6.45) is 5.43. The van der Waals surface area contributed by atoms with Crippen LogP contribution in [0, 0.1) is 0 Å². The minimum Gasteiger partial charge on any atom is -0.507 e. The summed E-state index contributed by atoms with van der Waals surface area (Å²) in [4.78, 5) is 13.7. The lowest BCUT2D eigenvalue weighted by atomic mass is 10.1. The van der Waals surface area contributed by atoms with Crippen molar-refractivity contribution in [3.8, 4) is 68.7 Å². The fourth-order valence-electron chi connectivity index (χ4n) is 5.25. The molecule has 3 atom stereocenters. The van der Waals surface area contributed by atoms with E-state index in [9.17, 15) is 30.6 Å². The van der Waals surface area contributed by atoms with Crippen LogP contribution in [0.15, 0.2) is 54.6 Å². The van der Waals surface area contributed by atoms with Crippen molar-refractivity contribution in [2.75, 3.05) is 19.8 Å². The second-order valence-electron chi connectivity index (χ2n) is 12.7. The second kappa shape index (κ2) is 19.7. The zero-order valence-electron chi connectivity index (χ0n) is 29.7. The van der Waals surface area contributed by atoms with Gasteiger partial charge in [0, 0.05) is 18.2 Å². The minimum absolute atomic E-state index is 0.0552. The van der Waals surface area contributed by atoms with E-state index < -0.39 is 18.3 Å². The van der Waals surface area contributed by atoms with Crippen LogP contribution in [0.4, 0.5) is 0 Å². The molecule has 4 aromatic rings. The van der Waals surface area contributed by atoms with Crippen molar-refractivity contribution in [2.24, 2.45) is 0 Å². The molecule has 0 aliphatic heterocycles. The average Bonchev–Trinajstić information content (AvgIpc) is 3.12. The highest BCUT2D eigenvalue weighted by Crippen LogP contribution is 2.38. The molecule has 6 N–H and O–H groups in total. The SMILES string of the molecule is CCCCC(O)COc1ccc(-c2nc(-c3ccc(OCC(O)CCCC)cc3O)nc(-c3ccc(OCC(O)CCCC)cc3O)n2)c(O)c1. The van der Waals surface area contributed by atoms with Crippen molar-refractivity contribution in [2.45, 2.75) is 96.9 Å². The van der Waals surface area contributed by atoms with E-state index in [-0.39, 0.29) is 71.2 Å². The van der Waals surface area contributed by atoms with Crippen molar-refractivity contribution in [1.82, 2.24) is 15.0 Å². The molecule has 0 amide bonds. The number of unbranched alkanes of at least 4 members (excludes halogenated alkanes) is 3. The number of aliphatic hydroxyl groups is 3. The molecule has 4 rings (SSSR count). The molecule has 0 radical (unpaired) electrons. The van der Waals surface area contributed by atoms with E-state index in [4.69, 9.17) is 14.2 Å². The van der Waals surface area contributed by atoms with Crippen LogP contribution >= 0.6 is 0 Å². The van der Waals surface area contributed by atoms with Crippen molar-refractivity contribution < 1.29 is 44.8 Å². The molecule has 276 valence electrons. The quantitative estimate of drug-likeness (QED) is 0.0534. The molecule has 1 aromatic heterocycles. The van der Waals surface area contributed by atoms with Crippen molar-refractivity contribution in [3.63, 3.8) is 0 Å². The molecule has 3 unspecified atom stereocenters. The van der Waals surface area contributed by atoms with Gasteiger partial charge in [0.2, 0.25) is 0 Å². The number of benzene rings is 3. The van der Waals surface area contributed by atoms with Gasteiger partial charge in [-0.2, -0.15) is 0 Å². The Hall–Kier alpha value is -4.65. The molecule has 0 aliphatic rings. The molecular weight excluding hydrogens is 654 g/mol. The van der Waals surface area contributed by atoms with Crippen LogP contribution < -0.4 is 14.2 Å². The molecule has 0 fully saturated rings. The molecule has 0 saturated carbocycles. The Balaban J connectivity index is 1.67. The molecule has 51 heavy (non-hydrogen) atoms. The minimum atomic E-state index is -0.633. The van der Waals surface area contributed by atoms with Gasteiger partial charge in [-0.15, -0.1) is 0 Å². The first-order chi connectivity index (χ1) is 24.6. The largest absolute Gasteiger partial charge is 0.507 e. The van der Waals surface area contributed by atoms with E-state index in [0.717, 1.165) is 38.5 Å². The third-order valence-corrected chi connectivity index (χ3v) is 8.27. The van der Waals surface area contributed by atoms with Gasteiger partial charge in [0.05, 0.1) is 35.0 Å². The maximum absolute atomic E-state index is 11.1. The summed E-state index contributed by atoms with van der Waals surface area (Å²) < 4.78 is 17.1. The Labute approximate surface area is 299 Å². The first kappa shape index (κ1) is 39.1. The average molecular weight is 706 g/mol. The highest BCUT2D eigenvalue weighted by Gasteiger charge is 2.20. The molecule has 1 heterocycles. The van der Waals surface area contributed by atoms with Gasteiger partial charge < -0.3 is 44.8 Å². The Morgan fingerprint density at radius 3 is 0.980 bits per heavy atom. The molecular formula is C39H51N3O9. The van der Waals surface area contributed by atoms with Crippen molar-refractivity contribution in [1.29, 1.82) is 0 Å². The summed E-state index contributed by atoms with van der Waals surface area (Å²) in [6, 6.07) is 13.8. The van der Waals surface area contributed by atoms with Gasteiger partial charge in [-0.3, -0.25) is 0 Å². The highest BCUT2D eigenvalue weighted by atomic mass is 16.5. The third kappa shape index (κ3) is 11.7. The van der Waals surface area contributed by atoms with E-state index in [1.54, 1.807) is 36.4 Å². The van der Waals surface area contributed by atoms with Gasteiger partial charge >= 0.3 is 0 Å². The fraction of sp³-hybridized carbons (Fsp3) is 0.462. The third-order valence-electron chi connectivity index (χ3n) is 8.27. The molecule has 0 bridgehead atoms. The first-order valence-corrected chi connectivity index (χ1v) is 17.8. The van der Waals surface area contributed by atoms with Gasteiger partial charge in [0.25, 0.3) is 0 Å². The molecule has 0 spiro atoms. The second-order valence-corrected chi connectivity index (χ2v) is 12.7. The smallest absolute Gasteiger partial charge is 0.167 e. The van der Waals surface area contributed by atoms with E-state index in [0.29, 0.717) is 36.5 Å². The molecule has 0 aliphatic carbocycles. The number of rotatable bonds is 21. The van der Waals surface area contributed by atoms with Crippen LogP contribution in [-0.2, 0) is 0 Å². The standard InChI is InChI=1S/C39H51N3O9/c1-4-7-10-25(43)22-49-28-13-16-31(34(46)19-28)37-40-38(32-17-14-29(20-35(32)47)50-23-26(44)11-8-5-2)42-39(41-37)33-18-15-30(21-36(33)48)51-24-27(45)12-9-6-3/h13-21,25-27,43-48H,4-12,22-24H2,1-3H3. The topological polar surface area (TPSA) is 188 Å². The number of aromatic nitrogens is 3. The lowest BCUT2D eigenvalue weighted by Crippen LogP contribution is -2.17. The van der Waals surface area contributed by atoms with Crippen LogP contribution in [0.2, 0.25) is 0 Å². The van der Waals surface area contributed by atoms with E-state index in [1.807, 2.05) is 20.8 Å². The summed E-state index contributed by atoms with van der Waals surface area (Å²) in [5.41, 5.74) is 0.708. The number of aliphatic hydroxyl groups excluding tert-OH is 3. The monoisotopic (exact) mass is 705 g/mol. The van der Waals surface area contributed by atoms with E-state index in [1.165, 1.54) is 18.2 Å². The Morgan fingerprint density at radius 2 is 0.745 bits per heavy atom. The van der Waals surface area contributed by atoms with Gasteiger partial charge in [-0.05, 0) is 55.7 Å². The Bertz CT molecular complexity index is 1480. The summed E-state index contributed by atoms with van der Waals surface area (Å²) >= 11 is 0. The highest BCUT2D eigenvalue weighted by molar-refractivity contribution is 5.74. The van der Waals surface area contributed by atoms with Gasteiger partial charge in [-0.25, -0.2) is 15.0 Å².